The summed E-state index contributed by atoms with van der Waals surface area (Å²) in [6.45, 7) is 0. The number of hydrogen-bond donors (Lipinski definition) is 0. The van der Waals surface area contributed by atoms with E-state index < -0.39 is 0 Å². The van der Waals surface area contributed by atoms with Gasteiger partial charge in [0.05, 0.1) is 7.11 Å². The lowest BCUT2D eigenvalue weighted by Crippen LogP contribution is -2.02. The first-order valence-electron chi connectivity index (χ1n) is 6.93. The van der Waals surface area contributed by atoms with Gasteiger partial charge in [0.25, 0.3) is 0 Å². The molecule has 2 aromatic heterocycles. The third-order valence-corrected chi connectivity index (χ3v) is 4.35. The Morgan fingerprint density at radius 2 is 1.71 bits per heavy atom. The molecule has 0 bridgehead atoms. The van der Waals surface area contributed by atoms with Crippen LogP contribution in [0.1, 0.15) is 37.2 Å². The first kappa shape index (κ1) is 14.5. The van der Waals surface area contributed by atoms with E-state index in [1.807, 2.05) is 6.07 Å². The van der Waals surface area contributed by atoms with Crippen LogP contribution in [0.3, 0.4) is 0 Å². The number of nitrogens with zero attached hydrogens (tertiary/aromatic N) is 3. The van der Waals surface area contributed by atoms with Crippen molar-refractivity contribution in [1.82, 2.24) is 15.0 Å². The van der Waals surface area contributed by atoms with Crippen LogP contribution in [0.5, 0.6) is 5.88 Å². The largest absolute Gasteiger partial charge is 0.481 e. The van der Waals surface area contributed by atoms with Crippen LogP contribution in [-0.2, 0) is 0 Å². The molecule has 1 fully saturated rings. The zero-order valence-corrected chi connectivity index (χ0v) is 13.2. The minimum Gasteiger partial charge on any atom is -0.481 e. The number of methoxy groups -OCH3 is 1. The monoisotopic (exact) mass is 323 g/mol. The standard InChI is InChI=1S/C15H15Cl2N3O/c1-21-11-8-4-7-10(18-11)15-19-13(16)12(14(17)20-15)9-5-2-3-6-9/h4,7-9H,2-3,5-6H2,1H3. The maximum absolute atomic E-state index is 6.34. The molecular weight excluding hydrogens is 309 g/mol. The highest BCUT2D eigenvalue weighted by molar-refractivity contribution is 6.34. The van der Waals surface area contributed by atoms with Crippen molar-refractivity contribution in [2.75, 3.05) is 7.11 Å². The molecule has 0 unspecified atom stereocenters. The van der Waals surface area contributed by atoms with Gasteiger partial charge in [-0.3, -0.25) is 0 Å². The average molecular weight is 324 g/mol. The van der Waals surface area contributed by atoms with Crippen molar-refractivity contribution in [1.29, 1.82) is 0 Å². The lowest BCUT2D eigenvalue weighted by molar-refractivity contribution is 0.398. The van der Waals surface area contributed by atoms with Crippen LogP contribution in [0.15, 0.2) is 18.2 Å². The van der Waals surface area contributed by atoms with Crippen LogP contribution in [0.25, 0.3) is 11.5 Å². The van der Waals surface area contributed by atoms with Crippen molar-refractivity contribution in [3.8, 4) is 17.4 Å². The molecule has 2 aromatic rings. The maximum atomic E-state index is 6.34. The number of ether oxygens (including phenoxy) is 1. The Balaban J connectivity index is 2.01. The normalized spacial score (nSPS) is 15.4. The molecule has 1 aliphatic carbocycles. The molecule has 0 atom stereocenters. The summed E-state index contributed by atoms with van der Waals surface area (Å²) in [6.07, 6.45) is 4.60. The Morgan fingerprint density at radius 3 is 2.33 bits per heavy atom. The van der Waals surface area contributed by atoms with Gasteiger partial charge in [-0.05, 0) is 24.8 Å². The zero-order valence-electron chi connectivity index (χ0n) is 11.6. The van der Waals surface area contributed by atoms with Gasteiger partial charge in [-0.25, -0.2) is 15.0 Å². The molecule has 4 nitrogen and oxygen atoms in total. The van der Waals surface area contributed by atoms with Crippen LogP contribution < -0.4 is 4.74 Å². The first-order chi connectivity index (χ1) is 10.2. The molecular formula is C15H15Cl2N3O. The third kappa shape index (κ3) is 2.97. The van der Waals surface area contributed by atoms with Gasteiger partial charge in [-0.1, -0.05) is 42.1 Å². The smallest absolute Gasteiger partial charge is 0.213 e. The van der Waals surface area contributed by atoms with E-state index in [9.17, 15) is 0 Å². The molecule has 1 aliphatic rings. The van der Waals surface area contributed by atoms with Crippen molar-refractivity contribution in [3.63, 3.8) is 0 Å². The van der Waals surface area contributed by atoms with E-state index in [0.29, 0.717) is 33.6 Å². The van der Waals surface area contributed by atoms with Crippen LogP contribution >= 0.6 is 23.2 Å². The molecule has 3 rings (SSSR count). The van der Waals surface area contributed by atoms with Crippen molar-refractivity contribution in [2.45, 2.75) is 31.6 Å². The van der Waals surface area contributed by atoms with Crippen molar-refractivity contribution < 1.29 is 4.74 Å². The lowest BCUT2D eigenvalue weighted by atomic mass is 10.0. The summed E-state index contributed by atoms with van der Waals surface area (Å²) in [7, 11) is 1.57. The van der Waals surface area contributed by atoms with Gasteiger partial charge in [0.2, 0.25) is 5.88 Å². The van der Waals surface area contributed by atoms with Crippen LogP contribution in [0.2, 0.25) is 10.3 Å². The minimum atomic E-state index is 0.373. The summed E-state index contributed by atoms with van der Waals surface area (Å²) >= 11 is 12.7. The fraction of sp³-hybridized carbons (Fsp3) is 0.400. The quantitative estimate of drug-likeness (QED) is 0.779. The number of halogens is 2. The first-order valence-corrected chi connectivity index (χ1v) is 7.69. The molecule has 1 saturated carbocycles. The Bertz CT molecular complexity index is 634. The Hall–Kier alpha value is -1.39. The second-order valence-corrected chi connectivity index (χ2v) is 5.81. The molecule has 0 N–H and O–H groups in total. The second kappa shape index (κ2) is 6.16. The molecule has 0 saturated heterocycles. The maximum Gasteiger partial charge on any atom is 0.213 e. The molecule has 0 amide bonds. The van der Waals surface area contributed by atoms with E-state index in [4.69, 9.17) is 27.9 Å². The molecule has 21 heavy (non-hydrogen) atoms. The topological polar surface area (TPSA) is 47.9 Å². The number of hydrogen-bond acceptors (Lipinski definition) is 4. The molecule has 110 valence electrons. The van der Waals surface area contributed by atoms with Gasteiger partial charge in [-0.15, -0.1) is 0 Å². The molecule has 0 spiro atoms. The average Bonchev–Trinajstić information content (AvgIpc) is 3.00. The van der Waals surface area contributed by atoms with Gasteiger partial charge >= 0.3 is 0 Å². The molecule has 0 aromatic carbocycles. The lowest BCUT2D eigenvalue weighted by Gasteiger charge is -2.13. The van der Waals surface area contributed by atoms with E-state index in [0.717, 1.165) is 18.4 Å². The van der Waals surface area contributed by atoms with Crippen LogP contribution in [0.4, 0.5) is 0 Å². The Morgan fingerprint density at radius 1 is 1.05 bits per heavy atom. The fourth-order valence-electron chi connectivity index (χ4n) is 2.74. The van der Waals surface area contributed by atoms with E-state index in [1.54, 1.807) is 19.2 Å². The number of aromatic nitrogens is 3. The summed E-state index contributed by atoms with van der Waals surface area (Å²) in [4.78, 5) is 13.1. The summed E-state index contributed by atoms with van der Waals surface area (Å²) in [5.74, 6) is 1.30. The van der Waals surface area contributed by atoms with Gasteiger partial charge in [0.15, 0.2) is 5.82 Å². The van der Waals surface area contributed by atoms with Crippen LogP contribution in [-0.4, -0.2) is 22.1 Å². The Kier molecular flexibility index (Phi) is 4.27. The summed E-state index contributed by atoms with van der Waals surface area (Å²) in [6, 6.07) is 5.40. The van der Waals surface area contributed by atoms with E-state index >= 15 is 0 Å². The van der Waals surface area contributed by atoms with Crippen molar-refractivity contribution in [2.24, 2.45) is 0 Å². The molecule has 2 heterocycles. The number of rotatable bonds is 3. The highest BCUT2D eigenvalue weighted by Crippen LogP contribution is 2.40. The van der Waals surface area contributed by atoms with Gasteiger partial charge < -0.3 is 4.74 Å². The summed E-state index contributed by atoms with van der Waals surface area (Å²) in [5.41, 5.74) is 1.47. The minimum absolute atomic E-state index is 0.373. The van der Waals surface area contributed by atoms with Gasteiger partial charge in [-0.2, -0.15) is 0 Å². The highest BCUT2D eigenvalue weighted by atomic mass is 35.5. The van der Waals surface area contributed by atoms with Crippen LogP contribution in [0, 0.1) is 0 Å². The van der Waals surface area contributed by atoms with E-state index in [-0.39, 0.29) is 0 Å². The van der Waals surface area contributed by atoms with Crippen molar-refractivity contribution in [3.05, 3.63) is 34.1 Å². The molecule has 0 aliphatic heterocycles. The van der Waals surface area contributed by atoms with Gasteiger partial charge in [0, 0.05) is 11.6 Å². The molecule has 0 radical (unpaired) electrons. The van der Waals surface area contributed by atoms with E-state index in [1.165, 1.54) is 12.8 Å². The predicted octanol–water partition coefficient (Wildman–Crippen LogP) is 4.51. The second-order valence-electron chi connectivity index (χ2n) is 5.09. The Labute approximate surface area is 133 Å². The fourth-order valence-corrected chi connectivity index (χ4v) is 3.43. The highest BCUT2D eigenvalue weighted by Gasteiger charge is 2.24. The van der Waals surface area contributed by atoms with E-state index in [2.05, 4.69) is 15.0 Å². The summed E-state index contributed by atoms with van der Waals surface area (Å²) in [5, 5.41) is 0.864. The van der Waals surface area contributed by atoms with Gasteiger partial charge in [0.1, 0.15) is 16.0 Å². The van der Waals surface area contributed by atoms with Crippen molar-refractivity contribution >= 4 is 23.2 Å². The number of pyridine rings is 1. The zero-order chi connectivity index (χ0) is 14.8. The molecule has 6 heteroatoms. The predicted molar refractivity (Wildman–Crippen MR) is 83.0 cm³/mol. The third-order valence-electron chi connectivity index (χ3n) is 3.78. The summed E-state index contributed by atoms with van der Waals surface area (Å²) < 4.78 is 5.11. The SMILES string of the molecule is COc1cccc(-c2nc(Cl)c(C3CCCC3)c(Cl)n2)n1.